The van der Waals surface area contributed by atoms with Gasteiger partial charge in [-0.05, 0) is 55.8 Å². The number of nitrogens with zero attached hydrogens (tertiary/aromatic N) is 3. The van der Waals surface area contributed by atoms with Crippen LogP contribution in [0.1, 0.15) is 32.1 Å². The third kappa shape index (κ3) is 4.99. The number of ether oxygens (including phenoxy) is 1. The van der Waals surface area contributed by atoms with Crippen molar-refractivity contribution in [3.63, 3.8) is 0 Å². The molecule has 1 saturated carbocycles. The van der Waals surface area contributed by atoms with Crippen LogP contribution >= 0.6 is 11.6 Å². The second-order valence-electron chi connectivity index (χ2n) is 9.06. The van der Waals surface area contributed by atoms with Gasteiger partial charge in [0, 0.05) is 49.9 Å². The predicted octanol–water partition coefficient (Wildman–Crippen LogP) is 2.16. The molecule has 0 aromatic heterocycles. The first-order valence-corrected chi connectivity index (χ1v) is 11.6. The normalized spacial score (nSPS) is 24.7. The van der Waals surface area contributed by atoms with E-state index in [9.17, 15) is 14.7 Å². The minimum atomic E-state index is -0.606. The van der Waals surface area contributed by atoms with Gasteiger partial charge < -0.3 is 24.5 Å². The molecule has 4 rings (SSSR count). The van der Waals surface area contributed by atoms with Crippen LogP contribution in [0.3, 0.4) is 0 Å². The minimum absolute atomic E-state index is 0.0319. The molecule has 7 nitrogen and oxygen atoms in total. The van der Waals surface area contributed by atoms with E-state index in [1.54, 1.807) is 4.90 Å². The number of esters is 1. The average molecular weight is 450 g/mol. The number of carbonyl (C=O) groups is 2. The maximum atomic E-state index is 12.9. The highest BCUT2D eigenvalue weighted by molar-refractivity contribution is 6.30. The van der Waals surface area contributed by atoms with Crippen molar-refractivity contribution in [2.45, 2.75) is 44.2 Å². The molecule has 3 aliphatic rings. The number of hydrogen-bond acceptors (Lipinski definition) is 6. The number of piperidine rings is 1. The number of aliphatic hydroxyl groups is 1. The van der Waals surface area contributed by atoms with Crippen LogP contribution in [0.15, 0.2) is 24.3 Å². The van der Waals surface area contributed by atoms with E-state index in [0.717, 1.165) is 31.5 Å². The number of amides is 1. The summed E-state index contributed by atoms with van der Waals surface area (Å²) in [7, 11) is 1.37. The summed E-state index contributed by atoms with van der Waals surface area (Å²) in [5.74, 6) is -0.406. The van der Waals surface area contributed by atoms with Gasteiger partial charge in [0.1, 0.15) is 6.04 Å². The van der Waals surface area contributed by atoms with Crippen molar-refractivity contribution in [2.24, 2.45) is 5.41 Å². The van der Waals surface area contributed by atoms with Crippen LogP contribution in [0, 0.1) is 5.41 Å². The lowest BCUT2D eigenvalue weighted by Crippen LogP contribution is -2.50. The Kier molecular flexibility index (Phi) is 6.74. The quantitative estimate of drug-likeness (QED) is 0.671. The van der Waals surface area contributed by atoms with E-state index in [0.29, 0.717) is 50.6 Å². The number of hydrogen-bond donors (Lipinski definition) is 1. The molecule has 1 amide bonds. The smallest absolute Gasteiger partial charge is 0.328 e. The number of rotatable bonds is 6. The van der Waals surface area contributed by atoms with Gasteiger partial charge in [0.2, 0.25) is 5.91 Å². The van der Waals surface area contributed by atoms with Crippen LogP contribution in [-0.4, -0.2) is 85.3 Å². The van der Waals surface area contributed by atoms with Crippen molar-refractivity contribution in [1.82, 2.24) is 9.80 Å². The van der Waals surface area contributed by atoms with E-state index in [4.69, 9.17) is 16.3 Å². The monoisotopic (exact) mass is 449 g/mol. The Morgan fingerprint density at radius 2 is 2.06 bits per heavy atom. The summed E-state index contributed by atoms with van der Waals surface area (Å²) in [6.07, 6.45) is 3.81. The highest BCUT2D eigenvalue weighted by Crippen LogP contribution is 2.53. The second-order valence-corrected chi connectivity index (χ2v) is 9.50. The highest BCUT2D eigenvalue weighted by Gasteiger charge is 2.51. The second kappa shape index (κ2) is 9.35. The van der Waals surface area contributed by atoms with Crippen molar-refractivity contribution < 1.29 is 19.4 Å². The number of aliphatic hydroxyl groups excluding tert-OH is 1. The highest BCUT2D eigenvalue weighted by atomic mass is 35.5. The van der Waals surface area contributed by atoms with E-state index >= 15 is 0 Å². The summed E-state index contributed by atoms with van der Waals surface area (Å²) in [5.41, 5.74) is 1.14. The van der Waals surface area contributed by atoms with E-state index in [-0.39, 0.29) is 23.4 Å². The number of halogens is 1. The molecule has 0 radical (unpaired) electrons. The molecule has 2 saturated heterocycles. The van der Waals surface area contributed by atoms with Gasteiger partial charge in [-0.25, -0.2) is 4.79 Å². The Hall–Kier alpha value is -1.83. The first-order chi connectivity index (χ1) is 14.9. The average Bonchev–Trinajstić information content (AvgIpc) is 3.56. The van der Waals surface area contributed by atoms with Crippen LogP contribution in [0.5, 0.6) is 0 Å². The van der Waals surface area contributed by atoms with Gasteiger partial charge in [-0.2, -0.15) is 0 Å². The molecule has 1 aromatic carbocycles. The molecule has 0 bridgehead atoms. The molecular formula is C23H32ClN3O4. The Bertz CT molecular complexity index is 816. The fourth-order valence-corrected chi connectivity index (χ4v) is 5.15. The topological polar surface area (TPSA) is 73.3 Å². The number of benzene rings is 1. The van der Waals surface area contributed by atoms with Crippen molar-refractivity contribution in [2.75, 3.05) is 51.3 Å². The minimum Gasteiger partial charge on any atom is -0.467 e. The Morgan fingerprint density at radius 1 is 1.26 bits per heavy atom. The Labute approximate surface area is 188 Å². The third-order valence-corrected chi connectivity index (χ3v) is 7.46. The van der Waals surface area contributed by atoms with Crippen LogP contribution in [-0.2, 0) is 14.3 Å². The molecule has 8 heteroatoms. The maximum Gasteiger partial charge on any atom is 0.328 e. The van der Waals surface area contributed by atoms with Crippen LogP contribution in [0.4, 0.5) is 5.69 Å². The SMILES string of the molecule is COC(=O)C(CCN1CCC2(CC2)C(O)C1)N1CCN(c2cccc(Cl)c2)CCC1=O. The van der Waals surface area contributed by atoms with Crippen LogP contribution in [0.2, 0.25) is 5.02 Å². The standard InChI is InChI=1S/C23H32ClN3O4/c1-31-22(30)19(5-10-25-12-9-23(7-8-23)20(28)16-25)27-14-13-26(11-6-21(27)29)18-4-2-3-17(24)15-18/h2-4,15,19-20,28H,5-14,16H2,1H3. The van der Waals surface area contributed by atoms with E-state index in [1.165, 1.54) is 7.11 Å². The molecule has 1 aromatic rings. The zero-order valence-electron chi connectivity index (χ0n) is 18.1. The first kappa shape index (κ1) is 22.4. The molecular weight excluding hydrogens is 418 g/mol. The zero-order chi connectivity index (χ0) is 22.0. The lowest BCUT2D eigenvalue weighted by Gasteiger charge is -2.37. The number of likely N-dealkylation sites (tertiary alicyclic amines) is 1. The first-order valence-electron chi connectivity index (χ1n) is 11.2. The Morgan fingerprint density at radius 3 is 2.74 bits per heavy atom. The fourth-order valence-electron chi connectivity index (χ4n) is 4.97. The van der Waals surface area contributed by atoms with Gasteiger partial charge >= 0.3 is 5.97 Å². The van der Waals surface area contributed by atoms with Gasteiger partial charge in [-0.3, -0.25) is 4.79 Å². The number of carbonyl (C=O) groups excluding carboxylic acids is 2. The van der Waals surface area contributed by atoms with Crippen molar-refractivity contribution in [3.8, 4) is 0 Å². The summed E-state index contributed by atoms with van der Waals surface area (Å²) in [4.78, 5) is 31.6. The Balaban J connectivity index is 1.39. The van der Waals surface area contributed by atoms with Crippen LogP contribution in [0.25, 0.3) is 0 Å². The molecule has 3 fully saturated rings. The van der Waals surface area contributed by atoms with Gasteiger partial charge in [-0.1, -0.05) is 17.7 Å². The van der Waals surface area contributed by atoms with Gasteiger partial charge in [0.05, 0.1) is 13.2 Å². The summed E-state index contributed by atoms with van der Waals surface area (Å²) in [6.45, 7) is 3.91. The molecule has 1 aliphatic carbocycles. The molecule has 31 heavy (non-hydrogen) atoms. The number of β-amino-alcohol motifs (C(OH)–C–C–N with tert-alkyl or cyclic N) is 1. The van der Waals surface area contributed by atoms with E-state index in [1.807, 2.05) is 24.3 Å². The molecule has 2 aliphatic heterocycles. The fraction of sp³-hybridized carbons (Fsp3) is 0.652. The third-order valence-electron chi connectivity index (χ3n) is 7.22. The number of anilines is 1. The molecule has 1 N–H and O–H groups in total. The summed E-state index contributed by atoms with van der Waals surface area (Å²) in [5, 5.41) is 11.1. The van der Waals surface area contributed by atoms with Gasteiger partial charge in [0.15, 0.2) is 0 Å². The predicted molar refractivity (Wildman–Crippen MR) is 119 cm³/mol. The van der Waals surface area contributed by atoms with E-state index in [2.05, 4.69) is 9.80 Å². The molecule has 2 atom stereocenters. The maximum absolute atomic E-state index is 12.9. The van der Waals surface area contributed by atoms with Crippen LogP contribution < -0.4 is 4.90 Å². The summed E-state index contributed by atoms with van der Waals surface area (Å²) in [6, 6.07) is 7.01. The van der Waals surface area contributed by atoms with Gasteiger partial charge in [-0.15, -0.1) is 0 Å². The van der Waals surface area contributed by atoms with Crippen molar-refractivity contribution >= 4 is 29.2 Å². The van der Waals surface area contributed by atoms with Crippen molar-refractivity contribution in [3.05, 3.63) is 29.3 Å². The lowest BCUT2D eigenvalue weighted by atomic mass is 9.90. The molecule has 170 valence electrons. The molecule has 2 unspecified atom stereocenters. The lowest BCUT2D eigenvalue weighted by molar-refractivity contribution is -0.153. The summed E-state index contributed by atoms with van der Waals surface area (Å²) < 4.78 is 5.05. The number of methoxy groups -OCH3 is 1. The summed E-state index contributed by atoms with van der Waals surface area (Å²) >= 11 is 6.13. The molecule has 1 spiro atoms. The molecule has 2 heterocycles. The van der Waals surface area contributed by atoms with Gasteiger partial charge in [0.25, 0.3) is 0 Å². The largest absolute Gasteiger partial charge is 0.467 e. The van der Waals surface area contributed by atoms with E-state index < -0.39 is 6.04 Å². The van der Waals surface area contributed by atoms with Crippen molar-refractivity contribution in [1.29, 1.82) is 0 Å². The zero-order valence-corrected chi connectivity index (χ0v) is 18.9.